The van der Waals surface area contributed by atoms with E-state index in [1.807, 2.05) is 0 Å². The first-order chi connectivity index (χ1) is 11.1. The molecule has 0 aliphatic carbocycles. The first kappa shape index (κ1) is 15.2. The fourth-order valence-corrected chi connectivity index (χ4v) is 2.04. The molecule has 2 aromatic carbocycles. The molecule has 0 fully saturated rings. The molecule has 3 rings (SSSR count). The molecule has 0 radical (unpaired) electrons. The Morgan fingerprint density at radius 3 is 2.26 bits per heavy atom. The van der Waals surface area contributed by atoms with Gasteiger partial charge in [-0.25, -0.2) is 14.1 Å². The number of carbonyl (C=O) groups excluding carboxylic acids is 1. The van der Waals surface area contributed by atoms with E-state index < -0.39 is 12.1 Å². The van der Waals surface area contributed by atoms with Crippen LogP contribution < -0.4 is 4.74 Å². The zero-order valence-electron chi connectivity index (χ0n) is 11.8. The van der Waals surface area contributed by atoms with E-state index in [1.165, 1.54) is 18.5 Å². The van der Waals surface area contributed by atoms with Gasteiger partial charge in [-0.15, -0.1) is 0 Å². The second kappa shape index (κ2) is 6.58. The summed E-state index contributed by atoms with van der Waals surface area (Å²) in [6.45, 7) is 0. The molecule has 0 saturated carbocycles. The smallest absolute Gasteiger partial charge is 0.255 e. The van der Waals surface area contributed by atoms with Crippen molar-refractivity contribution < 1.29 is 13.9 Å². The number of ketones is 1. The molecular weight excluding hydrogens is 321 g/mol. The molecule has 116 valence electrons. The Morgan fingerprint density at radius 2 is 1.70 bits per heavy atom. The van der Waals surface area contributed by atoms with E-state index in [-0.39, 0.29) is 5.56 Å². The SMILES string of the molecule is O=C(c1ccc(Oc2ccc(Cl)cc2)cc1)C(F)n1cncn1. The summed E-state index contributed by atoms with van der Waals surface area (Å²) in [5.74, 6) is 0.438. The van der Waals surface area contributed by atoms with E-state index in [2.05, 4.69) is 10.1 Å². The highest BCUT2D eigenvalue weighted by atomic mass is 35.5. The summed E-state index contributed by atoms with van der Waals surface area (Å²) in [7, 11) is 0. The Morgan fingerprint density at radius 1 is 1.09 bits per heavy atom. The summed E-state index contributed by atoms with van der Waals surface area (Å²) >= 11 is 5.80. The van der Waals surface area contributed by atoms with Gasteiger partial charge >= 0.3 is 0 Å². The van der Waals surface area contributed by atoms with Crippen LogP contribution in [-0.4, -0.2) is 20.5 Å². The molecule has 5 nitrogen and oxygen atoms in total. The predicted molar refractivity (Wildman–Crippen MR) is 82.5 cm³/mol. The van der Waals surface area contributed by atoms with Gasteiger partial charge in [-0.2, -0.15) is 5.10 Å². The average Bonchev–Trinajstić information content (AvgIpc) is 3.11. The maximum atomic E-state index is 14.0. The quantitative estimate of drug-likeness (QED) is 0.661. The van der Waals surface area contributed by atoms with Crippen LogP contribution >= 0.6 is 11.6 Å². The summed E-state index contributed by atoms with van der Waals surface area (Å²) in [6.07, 6.45) is 0.421. The first-order valence-corrected chi connectivity index (χ1v) is 7.07. The topological polar surface area (TPSA) is 57.0 Å². The van der Waals surface area contributed by atoms with Gasteiger partial charge in [0.15, 0.2) is 0 Å². The van der Waals surface area contributed by atoms with Crippen LogP contribution in [0, 0.1) is 0 Å². The lowest BCUT2D eigenvalue weighted by Gasteiger charge is -2.09. The number of carbonyl (C=O) groups is 1. The predicted octanol–water partition coefficient (Wildman–Crippen LogP) is 4.07. The lowest BCUT2D eigenvalue weighted by molar-refractivity contribution is 0.0778. The van der Waals surface area contributed by atoms with E-state index in [9.17, 15) is 9.18 Å². The molecule has 0 saturated heterocycles. The number of alkyl halides is 1. The molecule has 0 spiro atoms. The summed E-state index contributed by atoms with van der Waals surface area (Å²) in [4.78, 5) is 15.6. The number of nitrogens with zero attached hydrogens (tertiary/aromatic N) is 3. The van der Waals surface area contributed by atoms with Gasteiger partial charge in [-0.05, 0) is 48.5 Å². The molecule has 0 N–H and O–H groups in total. The van der Waals surface area contributed by atoms with Gasteiger partial charge in [0.2, 0.25) is 5.78 Å². The van der Waals surface area contributed by atoms with Gasteiger partial charge in [-0.1, -0.05) is 11.6 Å². The van der Waals surface area contributed by atoms with Crippen molar-refractivity contribution in [3.05, 3.63) is 71.8 Å². The number of benzene rings is 2. The van der Waals surface area contributed by atoms with Crippen molar-refractivity contribution in [3.8, 4) is 11.5 Å². The van der Waals surface area contributed by atoms with E-state index in [0.717, 1.165) is 11.0 Å². The number of Topliss-reactive ketones (excluding diaryl/α,β-unsaturated/α-hetero) is 1. The third-order valence-electron chi connectivity index (χ3n) is 3.07. The second-order valence-corrected chi connectivity index (χ2v) is 5.09. The Balaban J connectivity index is 1.71. The van der Waals surface area contributed by atoms with Crippen LogP contribution in [-0.2, 0) is 0 Å². The number of rotatable bonds is 5. The summed E-state index contributed by atoms with van der Waals surface area (Å²) in [6, 6.07) is 13.1. The van der Waals surface area contributed by atoms with Gasteiger partial charge in [0.1, 0.15) is 24.2 Å². The molecule has 0 bridgehead atoms. The second-order valence-electron chi connectivity index (χ2n) is 4.66. The lowest BCUT2D eigenvalue weighted by atomic mass is 10.1. The zero-order valence-corrected chi connectivity index (χ0v) is 12.5. The summed E-state index contributed by atoms with van der Waals surface area (Å²) in [5.41, 5.74) is 0.219. The fraction of sp³-hybridized carbons (Fsp3) is 0.0625. The molecule has 0 amide bonds. The van der Waals surface area contributed by atoms with Gasteiger partial charge in [-0.3, -0.25) is 4.79 Å². The standard InChI is InChI=1S/C16H11ClFN3O2/c17-12-3-7-14(8-4-12)23-13-5-1-11(2-6-13)15(22)16(18)21-10-19-9-20-21/h1-10,16H. The lowest BCUT2D eigenvalue weighted by Crippen LogP contribution is -2.15. The Hall–Kier alpha value is -2.73. The zero-order chi connectivity index (χ0) is 16.2. The van der Waals surface area contributed by atoms with Gasteiger partial charge in [0, 0.05) is 10.6 Å². The van der Waals surface area contributed by atoms with E-state index in [0.29, 0.717) is 16.5 Å². The van der Waals surface area contributed by atoms with Crippen molar-refractivity contribution in [1.29, 1.82) is 0 Å². The maximum absolute atomic E-state index is 14.0. The van der Waals surface area contributed by atoms with Gasteiger partial charge in [0.05, 0.1) is 0 Å². The molecule has 0 aliphatic rings. The van der Waals surface area contributed by atoms with Crippen molar-refractivity contribution in [1.82, 2.24) is 14.8 Å². The molecule has 3 aromatic rings. The molecule has 0 aliphatic heterocycles. The van der Waals surface area contributed by atoms with Crippen molar-refractivity contribution in [2.24, 2.45) is 0 Å². The third kappa shape index (κ3) is 3.54. The molecule has 1 aromatic heterocycles. The largest absolute Gasteiger partial charge is 0.457 e. The van der Waals surface area contributed by atoms with E-state index in [4.69, 9.17) is 16.3 Å². The fourth-order valence-electron chi connectivity index (χ4n) is 1.92. The third-order valence-corrected chi connectivity index (χ3v) is 3.33. The molecule has 7 heteroatoms. The minimum absolute atomic E-state index is 0.219. The average molecular weight is 332 g/mol. The molecule has 1 heterocycles. The van der Waals surface area contributed by atoms with Crippen LogP contribution in [0.25, 0.3) is 0 Å². The highest BCUT2D eigenvalue weighted by molar-refractivity contribution is 6.30. The summed E-state index contributed by atoms with van der Waals surface area (Å²) in [5, 5.41) is 4.23. The Labute approximate surface area is 136 Å². The maximum Gasteiger partial charge on any atom is 0.255 e. The van der Waals surface area contributed by atoms with Crippen molar-refractivity contribution in [2.75, 3.05) is 0 Å². The number of ether oxygens (including phenoxy) is 1. The van der Waals surface area contributed by atoms with Crippen LogP contribution in [0.2, 0.25) is 5.02 Å². The Kier molecular flexibility index (Phi) is 4.34. The van der Waals surface area contributed by atoms with Crippen LogP contribution in [0.15, 0.2) is 61.2 Å². The van der Waals surface area contributed by atoms with Crippen molar-refractivity contribution >= 4 is 17.4 Å². The Bertz CT molecular complexity index is 789. The highest BCUT2D eigenvalue weighted by Crippen LogP contribution is 2.24. The van der Waals surface area contributed by atoms with Gasteiger partial charge < -0.3 is 4.74 Å². The number of hydrogen-bond donors (Lipinski definition) is 0. The molecule has 1 atom stereocenters. The molecule has 1 unspecified atom stereocenters. The van der Waals surface area contributed by atoms with E-state index in [1.54, 1.807) is 36.4 Å². The van der Waals surface area contributed by atoms with Crippen LogP contribution in [0.5, 0.6) is 11.5 Å². The number of halogens is 2. The highest BCUT2D eigenvalue weighted by Gasteiger charge is 2.21. The molecule has 23 heavy (non-hydrogen) atoms. The van der Waals surface area contributed by atoms with Crippen LogP contribution in [0.4, 0.5) is 4.39 Å². The van der Waals surface area contributed by atoms with Crippen LogP contribution in [0.3, 0.4) is 0 Å². The van der Waals surface area contributed by atoms with Gasteiger partial charge in [0.25, 0.3) is 6.30 Å². The van der Waals surface area contributed by atoms with Crippen molar-refractivity contribution in [3.63, 3.8) is 0 Å². The first-order valence-electron chi connectivity index (χ1n) is 6.69. The number of aromatic nitrogens is 3. The van der Waals surface area contributed by atoms with E-state index >= 15 is 0 Å². The van der Waals surface area contributed by atoms with Crippen LogP contribution in [0.1, 0.15) is 16.7 Å². The summed E-state index contributed by atoms with van der Waals surface area (Å²) < 4.78 is 20.5. The van der Waals surface area contributed by atoms with Crippen molar-refractivity contribution in [2.45, 2.75) is 6.30 Å². The molecular formula is C16H11ClFN3O2. The minimum Gasteiger partial charge on any atom is -0.457 e. The minimum atomic E-state index is -1.90. The number of hydrogen-bond acceptors (Lipinski definition) is 4. The normalized spacial score (nSPS) is 11.9. The monoisotopic (exact) mass is 331 g/mol.